The van der Waals surface area contributed by atoms with E-state index in [0.29, 0.717) is 28.2 Å². The van der Waals surface area contributed by atoms with Crippen LogP contribution in [0.2, 0.25) is 0 Å². The van der Waals surface area contributed by atoms with Gasteiger partial charge in [0.05, 0.1) is 11.4 Å². The largest absolute Gasteiger partial charge is 0.339 e. The highest BCUT2D eigenvalue weighted by Crippen LogP contribution is 2.27. The quantitative estimate of drug-likeness (QED) is 0.509. The van der Waals surface area contributed by atoms with Crippen molar-refractivity contribution in [2.24, 2.45) is 4.40 Å². The van der Waals surface area contributed by atoms with Crippen LogP contribution in [0.25, 0.3) is 0 Å². The normalized spacial score (nSPS) is 15.8. The van der Waals surface area contributed by atoms with Crippen LogP contribution in [0.4, 0.5) is 21.9 Å². The fourth-order valence-electron chi connectivity index (χ4n) is 4.05. The van der Waals surface area contributed by atoms with E-state index in [9.17, 15) is 18.0 Å². The van der Waals surface area contributed by atoms with Crippen LogP contribution in [-0.2, 0) is 10.0 Å². The van der Waals surface area contributed by atoms with Crippen molar-refractivity contribution in [1.82, 2.24) is 4.90 Å². The zero-order valence-electron chi connectivity index (χ0n) is 18.7. The van der Waals surface area contributed by atoms with E-state index in [4.69, 9.17) is 0 Å². The van der Waals surface area contributed by atoms with E-state index in [0.717, 1.165) is 25.9 Å². The number of fused-ring (bicyclic) bond motifs is 1. The predicted octanol–water partition coefficient (Wildman–Crippen LogP) is 4.13. The molecule has 0 aliphatic carbocycles. The van der Waals surface area contributed by atoms with E-state index in [1.54, 1.807) is 71.6 Å². The number of benzene rings is 3. The lowest BCUT2D eigenvalue weighted by Crippen LogP contribution is -2.32. The van der Waals surface area contributed by atoms with Crippen LogP contribution in [-0.4, -0.2) is 44.2 Å². The Bertz CT molecular complexity index is 1430. The van der Waals surface area contributed by atoms with Gasteiger partial charge in [0.15, 0.2) is 5.84 Å². The fraction of sp³-hybridized carbons (Fsp3) is 0.160. The monoisotopic (exact) mass is 489 g/mol. The molecule has 35 heavy (non-hydrogen) atoms. The molecule has 0 atom stereocenters. The highest BCUT2D eigenvalue weighted by Gasteiger charge is 2.28. The molecule has 0 saturated carbocycles. The van der Waals surface area contributed by atoms with Crippen molar-refractivity contribution in [3.05, 3.63) is 83.9 Å². The molecule has 3 aromatic rings. The maximum absolute atomic E-state index is 12.9. The van der Waals surface area contributed by atoms with Gasteiger partial charge in [-0.1, -0.05) is 24.3 Å². The summed E-state index contributed by atoms with van der Waals surface area (Å²) in [5.41, 5.74) is 2.51. The van der Waals surface area contributed by atoms with Crippen molar-refractivity contribution in [1.29, 1.82) is 0 Å². The van der Waals surface area contributed by atoms with Gasteiger partial charge in [-0.3, -0.25) is 4.79 Å². The number of hydrogen-bond donors (Lipinski definition) is 3. The van der Waals surface area contributed by atoms with E-state index >= 15 is 0 Å². The van der Waals surface area contributed by atoms with Gasteiger partial charge in [-0.2, -0.15) is 8.42 Å². The van der Waals surface area contributed by atoms with E-state index < -0.39 is 10.0 Å². The van der Waals surface area contributed by atoms with Crippen LogP contribution < -0.4 is 16.0 Å². The molecule has 178 valence electrons. The second-order valence-corrected chi connectivity index (χ2v) is 9.81. The van der Waals surface area contributed by atoms with Crippen LogP contribution in [0.5, 0.6) is 0 Å². The average Bonchev–Trinajstić information content (AvgIpc) is 3.48. The van der Waals surface area contributed by atoms with Crippen LogP contribution in [0, 0.1) is 0 Å². The molecule has 2 aliphatic heterocycles. The first kappa shape index (κ1) is 22.6. The van der Waals surface area contributed by atoms with Crippen LogP contribution in [0.15, 0.2) is 82.1 Å². The van der Waals surface area contributed by atoms with Crippen LogP contribution in [0.1, 0.15) is 28.8 Å². The number of amidine groups is 1. The number of carbonyl (C=O) groups excluding carboxylic acids is 2. The third-order valence-electron chi connectivity index (χ3n) is 5.85. The molecule has 5 rings (SSSR count). The first-order valence-electron chi connectivity index (χ1n) is 11.2. The summed E-state index contributed by atoms with van der Waals surface area (Å²) in [6.45, 7) is 1.45. The lowest BCUT2D eigenvalue weighted by molar-refractivity contribution is 0.102. The van der Waals surface area contributed by atoms with Crippen molar-refractivity contribution >= 4 is 44.9 Å². The summed E-state index contributed by atoms with van der Waals surface area (Å²) in [6.07, 6.45) is 1.98. The smallest absolute Gasteiger partial charge is 0.321 e. The summed E-state index contributed by atoms with van der Waals surface area (Å²) in [5, 5.41) is 8.73. The average molecular weight is 490 g/mol. The number of anilines is 3. The van der Waals surface area contributed by atoms with E-state index in [-0.39, 0.29) is 22.7 Å². The third kappa shape index (κ3) is 4.73. The molecule has 0 unspecified atom stereocenters. The number of rotatable bonds is 4. The number of urea groups is 1. The second-order valence-electron chi connectivity index (χ2n) is 8.24. The van der Waals surface area contributed by atoms with Gasteiger partial charge >= 0.3 is 6.03 Å². The Hall–Kier alpha value is -4.18. The molecule has 0 spiro atoms. The minimum absolute atomic E-state index is 0.161. The van der Waals surface area contributed by atoms with Gasteiger partial charge in [-0.25, -0.2) is 4.79 Å². The second kappa shape index (κ2) is 9.22. The number of amides is 3. The molecular formula is C25H23N5O4S. The van der Waals surface area contributed by atoms with Crippen molar-refractivity contribution < 1.29 is 18.0 Å². The Morgan fingerprint density at radius 2 is 1.43 bits per heavy atom. The highest BCUT2D eigenvalue weighted by molar-refractivity contribution is 7.90. The van der Waals surface area contributed by atoms with Crippen molar-refractivity contribution in [3.63, 3.8) is 0 Å². The summed E-state index contributed by atoms with van der Waals surface area (Å²) in [5.74, 6) is -0.106. The van der Waals surface area contributed by atoms with E-state index in [1.807, 2.05) is 0 Å². The third-order valence-corrected chi connectivity index (χ3v) is 7.19. The summed E-state index contributed by atoms with van der Waals surface area (Å²) >= 11 is 0. The van der Waals surface area contributed by atoms with E-state index in [1.165, 1.54) is 6.07 Å². The molecule has 2 aliphatic rings. The number of sulfonamides is 1. The maximum Gasteiger partial charge on any atom is 0.321 e. The van der Waals surface area contributed by atoms with Crippen LogP contribution >= 0.6 is 0 Å². The van der Waals surface area contributed by atoms with Gasteiger partial charge in [0.2, 0.25) is 0 Å². The lowest BCUT2D eigenvalue weighted by Gasteiger charge is -2.18. The van der Waals surface area contributed by atoms with Crippen LogP contribution in [0.3, 0.4) is 0 Å². The zero-order chi connectivity index (χ0) is 24.4. The Morgan fingerprint density at radius 1 is 0.800 bits per heavy atom. The fourth-order valence-corrected chi connectivity index (χ4v) is 5.22. The Balaban J connectivity index is 1.27. The number of likely N-dealkylation sites (tertiary alicyclic amines) is 1. The molecule has 3 aromatic carbocycles. The van der Waals surface area contributed by atoms with Crippen molar-refractivity contribution in [2.75, 3.05) is 29.0 Å². The lowest BCUT2D eigenvalue weighted by atomic mass is 10.1. The Morgan fingerprint density at radius 3 is 2.14 bits per heavy atom. The standard InChI is InChI=1S/C25H23N5O4S/c31-24(27-20-8-2-3-9-21(20)28-25(32)30-15-5-6-16-30)17-11-13-18(14-12-17)26-23-19-7-1-4-10-22(19)35(33,34)29-23/h1-4,7-14H,5-6,15-16H2,(H,26,29)(H,27,31)(H,28,32). The minimum atomic E-state index is -3.72. The molecule has 3 amide bonds. The number of nitrogens with one attached hydrogen (secondary N) is 3. The Kier molecular flexibility index (Phi) is 5.96. The molecule has 3 N–H and O–H groups in total. The molecule has 1 saturated heterocycles. The van der Waals surface area contributed by atoms with Gasteiger partial charge in [-0.05, 0) is 61.4 Å². The van der Waals surface area contributed by atoms with Gasteiger partial charge in [0.25, 0.3) is 15.9 Å². The minimum Gasteiger partial charge on any atom is -0.339 e. The van der Waals surface area contributed by atoms with Gasteiger partial charge < -0.3 is 20.9 Å². The molecule has 0 radical (unpaired) electrons. The number of nitrogens with zero attached hydrogens (tertiary/aromatic N) is 2. The van der Waals surface area contributed by atoms with Gasteiger partial charge in [0.1, 0.15) is 4.90 Å². The van der Waals surface area contributed by atoms with Crippen molar-refractivity contribution in [3.8, 4) is 0 Å². The maximum atomic E-state index is 12.9. The number of carbonyl (C=O) groups is 2. The predicted molar refractivity (Wildman–Crippen MR) is 134 cm³/mol. The number of para-hydroxylation sites is 2. The molecule has 0 aromatic heterocycles. The highest BCUT2D eigenvalue weighted by atomic mass is 32.2. The molecular weight excluding hydrogens is 466 g/mol. The summed E-state index contributed by atoms with van der Waals surface area (Å²) in [4.78, 5) is 27.2. The zero-order valence-corrected chi connectivity index (χ0v) is 19.5. The SMILES string of the molecule is O=C(Nc1ccccc1NC(=O)N1CCCC1)c1ccc(NC2=NS(=O)(=O)c3ccccc32)cc1. The summed E-state index contributed by atoms with van der Waals surface area (Å²) in [6, 6.07) is 20.0. The molecule has 0 bridgehead atoms. The molecule has 9 nitrogen and oxygen atoms in total. The Labute approximate surface area is 202 Å². The van der Waals surface area contributed by atoms with Gasteiger partial charge in [-0.15, -0.1) is 4.40 Å². The molecule has 1 fully saturated rings. The van der Waals surface area contributed by atoms with E-state index in [2.05, 4.69) is 20.3 Å². The van der Waals surface area contributed by atoms with Crippen molar-refractivity contribution in [2.45, 2.75) is 17.7 Å². The number of hydrogen-bond acceptors (Lipinski definition) is 5. The summed E-state index contributed by atoms with van der Waals surface area (Å²) < 4.78 is 28.3. The molecule has 2 heterocycles. The first-order valence-corrected chi connectivity index (χ1v) is 12.6. The topological polar surface area (TPSA) is 120 Å². The molecule has 10 heteroatoms. The summed E-state index contributed by atoms with van der Waals surface area (Å²) in [7, 11) is -3.72. The first-order chi connectivity index (χ1) is 16.9. The van der Waals surface area contributed by atoms with Gasteiger partial charge in [0, 0.05) is 29.9 Å².